The molecule has 1 aromatic carbocycles. The molecule has 1 amide bonds. The van der Waals surface area contributed by atoms with Gasteiger partial charge in [0.2, 0.25) is 0 Å². The third-order valence-corrected chi connectivity index (χ3v) is 6.24. The van der Waals surface area contributed by atoms with Gasteiger partial charge in [-0.15, -0.1) is 11.3 Å². The maximum Gasteiger partial charge on any atom is 0.410 e. The SMILES string of the molecule is CC(C)(C)OC(=O)N1CCC[C@H](Sc2nc3cc([N+](=O)[O-])ccc3s2)C1. The lowest BCUT2D eigenvalue weighted by molar-refractivity contribution is -0.384. The Labute approximate surface area is 159 Å². The van der Waals surface area contributed by atoms with E-state index in [0.29, 0.717) is 18.6 Å². The average Bonchev–Trinajstić information content (AvgIpc) is 2.94. The number of benzene rings is 1. The first-order valence-electron chi connectivity index (χ1n) is 8.41. The summed E-state index contributed by atoms with van der Waals surface area (Å²) in [6.45, 7) is 6.91. The predicted molar refractivity (Wildman–Crippen MR) is 103 cm³/mol. The summed E-state index contributed by atoms with van der Waals surface area (Å²) < 4.78 is 7.26. The molecule has 0 N–H and O–H groups in total. The van der Waals surface area contributed by atoms with Crippen LogP contribution in [-0.4, -0.2) is 44.8 Å². The van der Waals surface area contributed by atoms with Crippen LogP contribution in [0.25, 0.3) is 10.2 Å². The van der Waals surface area contributed by atoms with Crippen LogP contribution in [0.1, 0.15) is 33.6 Å². The lowest BCUT2D eigenvalue weighted by atomic mass is 10.1. The molecule has 1 saturated heterocycles. The third-order valence-electron chi connectivity index (χ3n) is 3.86. The molecule has 1 fully saturated rings. The maximum atomic E-state index is 12.3. The lowest BCUT2D eigenvalue weighted by Crippen LogP contribution is -2.43. The summed E-state index contributed by atoms with van der Waals surface area (Å²) in [6.07, 6.45) is 1.65. The number of amides is 1. The molecule has 1 atom stereocenters. The van der Waals surface area contributed by atoms with Gasteiger partial charge in [0.1, 0.15) is 5.60 Å². The van der Waals surface area contributed by atoms with Gasteiger partial charge in [-0.1, -0.05) is 11.8 Å². The number of ether oxygens (including phenoxy) is 1. The van der Waals surface area contributed by atoms with Crippen LogP contribution in [0.4, 0.5) is 10.5 Å². The number of aromatic nitrogens is 1. The first-order chi connectivity index (χ1) is 12.2. The zero-order chi connectivity index (χ0) is 18.9. The van der Waals surface area contributed by atoms with Crippen molar-refractivity contribution < 1.29 is 14.5 Å². The van der Waals surface area contributed by atoms with E-state index >= 15 is 0 Å². The van der Waals surface area contributed by atoms with Crippen molar-refractivity contribution in [3.05, 3.63) is 28.3 Å². The number of non-ortho nitro benzene ring substituents is 1. The van der Waals surface area contributed by atoms with Gasteiger partial charge in [0.15, 0.2) is 4.34 Å². The molecule has 140 valence electrons. The van der Waals surface area contributed by atoms with Crippen LogP contribution in [0, 0.1) is 10.1 Å². The summed E-state index contributed by atoms with van der Waals surface area (Å²) in [5.41, 5.74) is 0.193. The molecule has 1 aromatic heterocycles. The molecule has 0 saturated carbocycles. The molecule has 0 spiro atoms. The summed E-state index contributed by atoms with van der Waals surface area (Å²) >= 11 is 3.16. The number of thiazole rings is 1. The molecule has 26 heavy (non-hydrogen) atoms. The number of rotatable bonds is 3. The number of likely N-dealkylation sites (tertiary alicyclic amines) is 1. The lowest BCUT2D eigenvalue weighted by Gasteiger charge is -2.33. The number of piperidine rings is 1. The third kappa shape index (κ3) is 4.64. The Bertz CT molecular complexity index is 831. The number of hydrogen-bond donors (Lipinski definition) is 0. The van der Waals surface area contributed by atoms with Crippen molar-refractivity contribution in [1.82, 2.24) is 9.88 Å². The van der Waals surface area contributed by atoms with Crippen LogP contribution >= 0.6 is 23.1 Å². The number of hydrogen-bond acceptors (Lipinski definition) is 7. The second kappa shape index (κ2) is 7.40. The van der Waals surface area contributed by atoms with Crippen LogP contribution in [0.15, 0.2) is 22.5 Å². The topological polar surface area (TPSA) is 85.6 Å². The fourth-order valence-electron chi connectivity index (χ4n) is 2.73. The highest BCUT2D eigenvalue weighted by Crippen LogP contribution is 2.36. The van der Waals surface area contributed by atoms with Gasteiger partial charge in [0.25, 0.3) is 5.69 Å². The monoisotopic (exact) mass is 395 g/mol. The van der Waals surface area contributed by atoms with Crippen molar-refractivity contribution >= 4 is 45.1 Å². The minimum atomic E-state index is -0.501. The van der Waals surface area contributed by atoms with Gasteiger partial charge in [-0.05, 0) is 39.7 Å². The first kappa shape index (κ1) is 18.9. The van der Waals surface area contributed by atoms with Gasteiger partial charge in [-0.25, -0.2) is 9.78 Å². The molecule has 2 aromatic rings. The van der Waals surface area contributed by atoms with E-state index in [1.54, 1.807) is 22.7 Å². The van der Waals surface area contributed by atoms with Gasteiger partial charge in [-0.2, -0.15) is 0 Å². The Kier molecular flexibility index (Phi) is 5.38. The first-order valence-corrected chi connectivity index (χ1v) is 10.1. The van der Waals surface area contributed by atoms with Crippen molar-refractivity contribution in [2.24, 2.45) is 0 Å². The standard InChI is InChI=1S/C17H21N3O4S2/c1-17(2,3)24-16(21)19-8-4-5-12(10-19)25-15-18-13-9-11(20(22)23)6-7-14(13)26-15/h6-7,9,12H,4-5,8,10H2,1-3H3/t12-/m0/s1. The molecule has 3 rings (SSSR count). The highest BCUT2D eigenvalue weighted by Gasteiger charge is 2.28. The molecular formula is C17H21N3O4S2. The van der Waals surface area contributed by atoms with Gasteiger partial charge in [0.05, 0.1) is 15.1 Å². The van der Waals surface area contributed by atoms with E-state index in [9.17, 15) is 14.9 Å². The summed E-state index contributed by atoms with van der Waals surface area (Å²) in [7, 11) is 0. The molecule has 2 heterocycles. The molecule has 9 heteroatoms. The number of carbonyl (C=O) groups is 1. The molecular weight excluding hydrogens is 374 g/mol. The van der Waals surface area contributed by atoms with Crippen molar-refractivity contribution in [2.75, 3.05) is 13.1 Å². The number of nitro groups is 1. The maximum absolute atomic E-state index is 12.3. The van der Waals surface area contributed by atoms with Crippen molar-refractivity contribution in [2.45, 2.75) is 48.8 Å². The highest BCUT2D eigenvalue weighted by atomic mass is 32.2. The van der Waals surface area contributed by atoms with Crippen LogP contribution < -0.4 is 0 Å². The number of thioether (sulfide) groups is 1. The number of nitro benzene ring substituents is 1. The number of fused-ring (bicyclic) bond motifs is 1. The van der Waals surface area contributed by atoms with E-state index in [4.69, 9.17) is 4.74 Å². The van der Waals surface area contributed by atoms with Crippen LogP contribution in [-0.2, 0) is 4.74 Å². The molecule has 0 unspecified atom stereocenters. The van der Waals surface area contributed by atoms with Crippen molar-refractivity contribution in [3.8, 4) is 0 Å². The zero-order valence-corrected chi connectivity index (χ0v) is 16.6. The molecule has 1 aliphatic heterocycles. The van der Waals surface area contributed by atoms with Crippen molar-refractivity contribution in [3.63, 3.8) is 0 Å². The van der Waals surface area contributed by atoms with Gasteiger partial charge >= 0.3 is 6.09 Å². The van der Waals surface area contributed by atoms with Gasteiger partial charge < -0.3 is 9.64 Å². The fourth-order valence-corrected chi connectivity index (χ4v) is 5.25. The Morgan fingerprint density at radius 2 is 2.23 bits per heavy atom. The quantitative estimate of drug-likeness (QED) is 0.553. The van der Waals surface area contributed by atoms with Gasteiger partial charge in [-0.3, -0.25) is 10.1 Å². The van der Waals surface area contributed by atoms with Crippen molar-refractivity contribution in [1.29, 1.82) is 0 Å². The minimum Gasteiger partial charge on any atom is -0.444 e. The van der Waals surface area contributed by atoms with E-state index in [-0.39, 0.29) is 17.0 Å². The summed E-state index contributed by atoms with van der Waals surface area (Å²) in [6, 6.07) is 4.74. The molecule has 7 nitrogen and oxygen atoms in total. The van der Waals surface area contributed by atoms with Crippen LogP contribution in [0.5, 0.6) is 0 Å². The Hall–Kier alpha value is -1.87. The minimum absolute atomic E-state index is 0.0492. The van der Waals surface area contributed by atoms with E-state index in [2.05, 4.69) is 4.98 Å². The second-order valence-corrected chi connectivity index (χ2v) is 9.78. The Balaban J connectivity index is 1.67. The van der Waals surface area contributed by atoms with Gasteiger partial charge in [0, 0.05) is 30.5 Å². The normalized spacial score (nSPS) is 18.1. The Morgan fingerprint density at radius 3 is 2.92 bits per heavy atom. The molecule has 0 bridgehead atoms. The van der Waals surface area contributed by atoms with Crippen LogP contribution in [0.2, 0.25) is 0 Å². The number of carbonyl (C=O) groups excluding carboxylic acids is 1. The second-order valence-electron chi connectivity index (χ2n) is 7.20. The largest absolute Gasteiger partial charge is 0.444 e. The van der Waals surface area contributed by atoms with E-state index in [1.807, 2.05) is 20.8 Å². The molecule has 0 radical (unpaired) electrons. The summed E-state index contributed by atoms with van der Waals surface area (Å²) in [5, 5.41) is 11.1. The summed E-state index contributed by atoms with van der Waals surface area (Å²) in [4.78, 5) is 29.0. The van der Waals surface area contributed by atoms with E-state index in [1.165, 1.54) is 23.5 Å². The van der Waals surface area contributed by atoms with Crippen LogP contribution in [0.3, 0.4) is 0 Å². The predicted octanol–water partition coefficient (Wildman–Crippen LogP) is 4.70. The van der Waals surface area contributed by atoms with E-state index < -0.39 is 10.5 Å². The summed E-state index contributed by atoms with van der Waals surface area (Å²) in [5.74, 6) is 0. The highest BCUT2D eigenvalue weighted by molar-refractivity contribution is 8.01. The fraction of sp³-hybridized carbons (Fsp3) is 0.529. The Morgan fingerprint density at radius 1 is 1.46 bits per heavy atom. The number of nitrogens with zero attached hydrogens (tertiary/aromatic N) is 3. The zero-order valence-electron chi connectivity index (χ0n) is 14.9. The van der Waals surface area contributed by atoms with E-state index in [0.717, 1.165) is 21.9 Å². The molecule has 1 aliphatic rings. The molecule has 0 aliphatic carbocycles. The average molecular weight is 396 g/mol. The smallest absolute Gasteiger partial charge is 0.410 e.